The lowest BCUT2D eigenvalue weighted by molar-refractivity contribution is 0.542. The molecule has 3 heterocycles. The number of rotatable bonds is 2. The van der Waals surface area contributed by atoms with E-state index in [0.29, 0.717) is 0 Å². The van der Waals surface area contributed by atoms with Crippen LogP contribution in [0.1, 0.15) is 22.7 Å². The van der Waals surface area contributed by atoms with Crippen LogP contribution in [0, 0.1) is 6.92 Å². The molecule has 1 N–H and O–H groups in total. The second-order valence-electron chi connectivity index (χ2n) is 5.65. The normalized spacial score (nSPS) is 23.5. The Bertz CT molecular complexity index is 816. The Labute approximate surface area is 152 Å². The molecule has 0 amide bonds. The standard InChI is InChI=1S/C16H15BrN4S2/c1-10-19-13(9-23-10)16(11-4-2-5-12(17)8-11)14-18-6-3-7-21(14)15(22)20-16/h2,4-5,8-9H,3,6-7H2,1H3,(H,20,22). The maximum atomic E-state index is 5.60. The van der Waals surface area contributed by atoms with E-state index in [2.05, 4.69) is 43.7 Å². The van der Waals surface area contributed by atoms with Gasteiger partial charge in [0.25, 0.3) is 0 Å². The van der Waals surface area contributed by atoms with Crippen LogP contribution in [0.25, 0.3) is 0 Å². The van der Waals surface area contributed by atoms with Crippen molar-refractivity contribution in [3.8, 4) is 0 Å². The number of halogens is 1. The Hall–Kier alpha value is -1.31. The first kappa shape index (κ1) is 15.2. The van der Waals surface area contributed by atoms with E-state index in [9.17, 15) is 0 Å². The zero-order valence-electron chi connectivity index (χ0n) is 12.5. The fourth-order valence-corrected chi connectivity index (χ4v) is 4.59. The second-order valence-corrected chi connectivity index (χ2v) is 8.02. The predicted molar refractivity (Wildman–Crippen MR) is 101 cm³/mol. The fraction of sp³-hybridized carbons (Fsp3) is 0.312. The van der Waals surface area contributed by atoms with Crippen LogP contribution in [0.15, 0.2) is 39.1 Å². The molecule has 2 aliphatic heterocycles. The monoisotopic (exact) mass is 406 g/mol. The Balaban J connectivity index is 1.99. The molecule has 0 spiro atoms. The maximum Gasteiger partial charge on any atom is 0.175 e. The summed E-state index contributed by atoms with van der Waals surface area (Å²) in [5.74, 6) is 0.970. The molecule has 1 saturated heterocycles. The van der Waals surface area contributed by atoms with Gasteiger partial charge >= 0.3 is 0 Å². The van der Waals surface area contributed by atoms with Gasteiger partial charge in [0.05, 0.1) is 10.7 Å². The van der Waals surface area contributed by atoms with E-state index >= 15 is 0 Å². The van der Waals surface area contributed by atoms with Crippen molar-refractivity contribution in [2.45, 2.75) is 18.9 Å². The fourth-order valence-electron chi connectivity index (χ4n) is 3.19. The summed E-state index contributed by atoms with van der Waals surface area (Å²) in [5.41, 5.74) is 1.47. The van der Waals surface area contributed by atoms with E-state index in [0.717, 1.165) is 51.2 Å². The van der Waals surface area contributed by atoms with Gasteiger partial charge in [0, 0.05) is 22.9 Å². The number of nitrogens with one attached hydrogen (secondary N) is 1. The number of thiocarbonyl (C=S) groups is 1. The van der Waals surface area contributed by atoms with Crippen molar-refractivity contribution in [1.29, 1.82) is 0 Å². The summed E-state index contributed by atoms with van der Waals surface area (Å²) < 4.78 is 1.03. The van der Waals surface area contributed by atoms with Crippen LogP contribution in [0.3, 0.4) is 0 Å². The number of benzene rings is 1. The van der Waals surface area contributed by atoms with Gasteiger partial charge in [0.2, 0.25) is 0 Å². The van der Waals surface area contributed by atoms with E-state index < -0.39 is 5.54 Å². The quantitative estimate of drug-likeness (QED) is 0.775. The van der Waals surface area contributed by atoms with E-state index in [1.54, 1.807) is 11.3 Å². The van der Waals surface area contributed by atoms with Gasteiger partial charge in [-0.2, -0.15) is 0 Å². The van der Waals surface area contributed by atoms with E-state index in [-0.39, 0.29) is 0 Å². The predicted octanol–water partition coefficient (Wildman–Crippen LogP) is 3.45. The van der Waals surface area contributed by atoms with Crippen molar-refractivity contribution in [3.63, 3.8) is 0 Å². The topological polar surface area (TPSA) is 40.5 Å². The molecule has 4 rings (SSSR count). The average molecular weight is 407 g/mol. The van der Waals surface area contributed by atoms with Crippen LogP contribution < -0.4 is 5.32 Å². The van der Waals surface area contributed by atoms with Gasteiger partial charge in [0.15, 0.2) is 10.7 Å². The first-order chi connectivity index (χ1) is 11.1. The number of hydrogen-bond acceptors (Lipinski definition) is 4. The Kier molecular flexibility index (Phi) is 3.74. The number of hydrogen-bond donors (Lipinski definition) is 1. The number of aromatic nitrogens is 1. The second kappa shape index (κ2) is 5.65. The molecule has 0 aliphatic carbocycles. The summed E-state index contributed by atoms with van der Waals surface area (Å²) in [6.07, 6.45) is 1.02. The molecular formula is C16H15BrN4S2. The number of thiazole rings is 1. The van der Waals surface area contributed by atoms with Crippen LogP contribution in [0.5, 0.6) is 0 Å². The molecule has 4 nitrogen and oxygen atoms in total. The first-order valence-corrected chi connectivity index (χ1v) is 9.52. The zero-order valence-corrected chi connectivity index (χ0v) is 15.8. The lowest BCUT2D eigenvalue weighted by Crippen LogP contribution is -2.46. The summed E-state index contributed by atoms with van der Waals surface area (Å²) in [7, 11) is 0. The molecule has 1 unspecified atom stereocenters. The van der Waals surface area contributed by atoms with Gasteiger partial charge in [-0.3, -0.25) is 4.99 Å². The number of aryl methyl sites for hydroxylation is 1. The summed E-state index contributed by atoms with van der Waals surface area (Å²) in [5, 5.41) is 7.41. The molecule has 7 heteroatoms. The van der Waals surface area contributed by atoms with Crippen LogP contribution in [-0.2, 0) is 5.54 Å². The van der Waals surface area contributed by atoms with Crippen molar-refractivity contribution in [2.75, 3.05) is 13.1 Å². The molecule has 2 aromatic rings. The number of fused-ring (bicyclic) bond motifs is 1. The van der Waals surface area contributed by atoms with Crippen molar-refractivity contribution in [1.82, 2.24) is 15.2 Å². The molecule has 0 radical (unpaired) electrons. The van der Waals surface area contributed by atoms with Crippen LogP contribution in [0.4, 0.5) is 0 Å². The van der Waals surface area contributed by atoms with Crippen molar-refractivity contribution in [3.05, 3.63) is 50.4 Å². The van der Waals surface area contributed by atoms with Gasteiger partial charge in [0.1, 0.15) is 5.84 Å². The number of aliphatic imine (C=N–C) groups is 1. The molecule has 1 aromatic carbocycles. The first-order valence-electron chi connectivity index (χ1n) is 7.44. The molecule has 1 fully saturated rings. The molecule has 118 valence electrons. The smallest absolute Gasteiger partial charge is 0.175 e. The van der Waals surface area contributed by atoms with E-state index in [1.165, 1.54) is 0 Å². The minimum Gasteiger partial charge on any atom is -0.341 e. The van der Waals surface area contributed by atoms with Crippen molar-refractivity contribution >= 4 is 50.4 Å². The third-order valence-corrected chi connectivity index (χ3v) is 5.78. The highest BCUT2D eigenvalue weighted by molar-refractivity contribution is 9.10. The average Bonchev–Trinajstić information content (AvgIpc) is 3.11. The maximum absolute atomic E-state index is 5.60. The zero-order chi connectivity index (χ0) is 16.0. The van der Waals surface area contributed by atoms with Crippen LogP contribution in [0.2, 0.25) is 0 Å². The third-order valence-electron chi connectivity index (χ3n) is 4.19. The van der Waals surface area contributed by atoms with Gasteiger partial charge in [-0.25, -0.2) is 4.98 Å². The van der Waals surface area contributed by atoms with Crippen molar-refractivity contribution in [2.24, 2.45) is 4.99 Å². The summed E-state index contributed by atoms with van der Waals surface area (Å²) in [6.45, 7) is 3.76. The molecule has 0 saturated carbocycles. The number of nitrogens with zero attached hydrogens (tertiary/aromatic N) is 3. The molecule has 1 atom stereocenters. The lowest BCUT2D eigenvalue weighted by atomic mass is 9.86. The minimum absolute atomic E-state index is 0.591. The van der Waals surface area contributed by atoms with Gasteiger partial charge in [-0.1, -0.05) is 28.1 Å². The molecule has 23 heavy (non-hydrogen) atoms. The highest BCUT2D eigenvalue weighted by Crippen LogP contribution is 2.39. The molecular weight excluding hydrogens is 392 g/mol. The van der Waals surface area contributed by atoms with E-state index in [1.807, 2.05) is 19.1 Å². The Morgan fingerprint density at radius 3 is 3.04 bits per heavy atom. The SMILES string of the molecule is Cc1nc(C2(c3cccc(Br)c3)NC(=S)N3CCCN=C32)cs1. The van der Waals surface area contributed by atoms with Gasteiger partial charge in [-0.15, -0.1) is 11.3 Å². The largest absolute Gasteiger partial charge is 0.341 e. The highest BCUT2D eigenvalue weighted by Gasteiger charge is 2.51. The van der Waals surface area contributed by atoms with Crippen LogP contribution in [-0.4, -0.2) is 33.9 Å². The van der Waals surface area contributed by atoms with Gasteiger partial charge < -0.3 is 10.2 Å². The van der Waals surface area contributed by atoms with Crippen LogP contribution >= 0.6 is 39.5 Å². The van der Waals surface area contributed by atoms with Crippen molar-refractivity contribution < 1.29 is 0 Å². The lowest BCUT2D eigenvalue weighted by Gasteiger charge is -2.31. The Morgan fingerprint density at radius 2 is 2.30 bits per heavy atom. The summed E-state index contributed by atoms with van der Waals surface area (Å²) >= 11 is 10.8. The molecule has 0 bridgehead atoms. The minimum atomic E-state index is -0.591. The molecule has 2 aliphatic rings. The third kappa shape index (κ3) is 2.33. The Morgan fingerprint density at radius 1 is 1.43 bits per heavy atom. The highest BCUT2D eigenvalue weighted by atomic mass is 79.9. The summed E-state index contributed by atoms with van der Waals surface area (Å²) in [6, 6.07) is 8.29. The molecule has 1 aromatic heterocycles. The van der Waals surface area contributed by atoms with Gasteiger partial charge in [-0.05, 0) is 43.3 Å². The number of amidine groups is 1. The van der Waals surface area contributed by atoms with E-state index in [4.69, 9.17) is 22.2 Å². The summed E-state index contributed by atoms with van der Waals surface area (Å²) in [4.78, 5) is 11.7.